The Labute approximate surface area is 125 Å². The lowest BCUT2D eigenvalue weighted by Gasteiger charge is -2.36. The van der Waals surface area contributed by atoms with Crippen LogP contribution in [0.3, 0.4) is 0 Å². The van der Waals surface area contributed by atoms with Crippen molar-refractivity contribution in [2.45, 2.75) is 32.4 Å². The zero-order chi connectivity index (χ0) is 14.7. The molecule has 2 aliphatic heterocycles. The predicted octanol–water partition coefficient (Wildman–Crippen LogP) is -0.00848. The molecule has 0 unspecified atom stereocenters. The fourth-order valence-corrected chi connectivity index (χ4v) is 3.34. The van der Waals surface area contributed by atoms with E-state index < -0.39 is 0 Å². The molecule has 0 spiro atoms. The molecule has 0 saturated carbocycles. The number of carbonyl (C=O) groups excluding carboxylic acids is 1. The Hall–Kier alpha value is -1.40. The summed E-state index contributed by atoms with van der Waals surface area (Å²) in [4.78, 5) is 18.9. The first kappa shape index (κ1) is 14.5. The van der Waals surface area contributed by atoms with Crippen molar-refractivity contribution in [3.63, 3.8) is 0 Å². The number of rotatable bonds is 3. The number of hydrogen-bond acceptors (Lipinski definition) is 4. The van der Waals surface area contributed by atoms with Crippen molar-refractivity contribution in [1.29, 1.82) is 0 Å². The van der Waals surface area contributed by atoms with Gasteiger partial charge in [0.15, 0.2) is 0 Å². The summed E-state index contributed by atoms with van der Waals surface area (Å²) in [5, 5.41) is 6.60. The van der Waals surface area contributed by atoms with Gasteiger partial charge in [0.1, 0.15) is 5.82 Å². The largest absolute Gasteiger partial charge is 0.341 e. The van der Waals surface area contributed by atoms with Gasteiger partial charge in [0.2, 0.25) is 5.91 Å². The van der Waals surface area contributed by atoms with E-state index in [1.807, 2.05) is 24.2 Å². The molecular formula is C15H25N5O. The molecule has 2 aliphatic rings. The van der Waals surface area contributed by atoms with Gasteiger partial charge in [-0.25, -0.2) is 4.98 Å². The summed E-state index contributed by atoms with van der Waals surface area (Å²) >= 11 is 0. The van der Waals surface area contributed by atoms with Crippen molar-refractivity contribution in [2.24, 2.45) is 5.92 Å². The van der Waals surface area contributed by atoms with Gasteiger partial charge >= 0.3 is 0 Å². The zero-order valence-corrected chi connectivity index (χ0v) is 12.7. The average Bonchev–Trinajstić information content (AvgIpc) is 2.93. The van der Waals surface area contributed by atoms with E-state index in [-0.39, 0.29) is 11.9 Å². The van der Waals surface area contributed by atoms with E-state index in [2.05, 4.69) is 20.2 Å². The highest BCUT2D eigenvalue weighted by molar-refractivity contribution is 5.82. The number of nitrogens with zero attached hydrogens (tertiary/aromatic N) is 3. The Morgan fingerprint density at radius 1 is 1.48 bits per heavy atom. The number of nitrogens with one attached hydrogen (secondary N) is 2. The minimum Gasteiger partial charge on any atom is -0.341 e. The van der Waals surface area contributed by atoms with Gasteiger partial charge in [0, 0.05) is 51.7 Å². The molecule has 3 heterocycles. The first-order valence-corrected chi connectivity index (χ1v) is 7.94. The third-order valence-corrected chi connectivity index (χ3v) is 4.55. The van der Waals surface area contributed by atoms with Crippen LogP contribution in [0.2, 0.25) is 0 Å². The third-order valence-electron chi connectivity index (χ3n) is 4.55. The quantitative estimate of drug-likeness (QED) is 0.822. The molecule has 0 aromatic carbocycles. The molecule has 1 aromatic heterocycles. The third kappa shape index (κ3) is 3.44. The number of likely N-dealkylation sites (tertiary alicyclic amines) is 1. The SMILES string of the molecule is Cc1nccn1C[C@@H]1CCCN(C(=O)[C@H]2CNCCN2)C1. The lowest BCUT2D eigenvalue weighted by molar-refractivity contribution is -0.135. The first-order valence-electron chi connectivity index (χ1n) is 7.94. The van der Waals surface area contributed by atoms with Crippen LogP contribution in [0.1, 0.15) is 18.7 Å². The van der Waals surface area contributed by atoms with Gasteiger partial charge in [-0.2, -0.15) is 0 Å². The normalized spacial score (nSPS) is 26.8. The summed E-state index contributed by atoms with van der Waals surface area (Å²) in [6, 6.07) is -0.0486. The second kappa shape index (κ2) is 6.58. The van der Waals surface area contributed by atoms with Gasteiger partial charge in [0.25, 0.3) is 0 Å². The average molecular weight is 291 g/mol. The van der Waals surface area contributed by atoms with Gasteiger partial charge in [-0.15, -0.1) is 0 Å². The van der Waals surface area contributed by atoms with Crippen molar-refractivity contribution < 1.29 is 4.79 Å². The van der Waals surface area contributed by atoms with Crippen LogP contribution in [0.5, 0.6) is 0 Å². The monoisotopic (exact) mass is 291 g/mol. The number of carbonyl (C=O) groups is 1. The van der Waals surface area contributed by atoms with E-state index in [0.717, 1.165) is 51.5 Å². The van der Waals surface area contributed by atoms with Crippen molar-refractivity contribution in [3.8, 4) is 0 Å². The van der Waals surface area contributed by atoms with Gasteiger partial charge in [-0.3, -0.25) is 4.79 Å². The molecule has 6 heteroatoms. The second-order valence-electron chi connectivity index (χ2n) is 6.13. The predicted molar refractivity (Wildman–Crippen MR) is 80.9 cm³/mol. The molecule has 116 valence electrons. The minimum atomic E-state index is -0.0486. The molecule has 3 rings (SSSR count). The number of imidazole rings is 1. The van der Waals surface area contributed by atoms with Crippen molar-refractivity contribution in [2.75, 3.05) is 32.7 Å². The summed E-state index contributed by atoms with van der Waals surface area (Å²) in [5.74, 6) is 1.85. The standard InChI is InChI=1S/C15H25N5O/c1-12-17-6-8-19(12)10-13-3-2-7-20(11-13)15(21)14-9-16-4-5-18-14/h6,8,13-14,16,18H,2-5,7,9-11H2,1H3/t13-,14+/m0/s1. The van der Waals surface area contributed by atoms with Crippen LogP contribution in [0.15, 0.2) is 12.4 Å². The summed E-state index contributed by atoms with van der Waals surface area (Å²) < 4.78 is 2.19. The molecule has 6 nitrogen and oxygen atoms in total. The molecule has 2 atom stereocenters. The molecule has 2 fully saturated rings. The van der Waals surface area contributed by atoms with E-state index in [1.54, 1.807) is 0 Å². The Balaban J connectivity index is 1.57. The van der Waals surface area contributed by atoms with Gasteiger partial charge in [-0.1, -0.05) is 0 Å². The molecule has 0 bridgehead atoms. The topological polar surface area (TPSA) is 62.2 Å². The van der Waals surface area contributed by atoms with Crippen LogP contribution >= 0.6 is 0 Å². The van der Waals surface area contributed by atoms with E-state index in [1.165, 1.54) is 6.42 Å². The zero-order valence-electron chi connectivity index (χ0n) is 12.7. The van der Waals surface area contributed by atoms with Crippen molar-refractivity contribution >= 4 is 5.91 Å². The maximum absolute atomic E-state index is 12.6. The number of aromatic nitrogens is 2. The number of aryl methyl sites for hydroxylation is 1. The molecule has 21 heavy (non-hydrogen) atoms. The maximum atomic E-state index is 12.6. The molecule has 2 N–H and O–H groups in total. The highest BCUT2D eigenvalue weighted by Gasteiger charge is 2.29. The fraction of sp³-hybridized carbons (Fsp3) is 0.733. The van der Waals surface area contributed by atoms with Crippen LogP contribution < -0.4 is 10.6 Å². The lowest BCUT2D eigenvalue weighted by atomic mass is 9.97. The lowest BCUT2D eigenvalue weighted by Crippen LogP contribution is -2.58. The van der Waals surface area contributed by atoms with Crippen molar-refractivity contribution in [3.05, 3.63) is 18.2 Å². The van der Waals surface area contributed by atoms with Gasteiger partial charge in [0.05, 0.1) is 6.04 Å². The molecule has 1 aromatic rings. The van der Waals surface area contributed by atoms with Crippen LogP contribution in [0.4, 0.5) is 0 Å². The molecule has 2 saturated heterocycles. The molecule has 0 radical (unpaired) electrons. The Kier molecular flexibility index (Phi) is 4.55. The van der Waals surface area contributed by atoms with Crippen LogP contribution in [0.25, 0.3) is 0 Å². The Morgan fingerprint density at radius 3 is 3.10 bits per heavy atom. The highest BCUT2D eigenvalue weighted by atomic mass is 16.2. The molecular weight excluding hydrogens is 266 g/mol. The van der Waals surface area contributed by atoms with E-state index in [0.29, 0.717) is 5.92 Å². The first-order chi connectivity index (χ1) is 10.2. The molecule has 0 aliphatic carbocycles. The number of piperidine rings is 1. The van der Waals surface area contributed by atoms with Gasteiger partial charge in [-0.05, 0) is 25.7 Å². The number of piperazine rings is 1. The summed E-state index contributed by atoms with van der Waals surface area (Å²) in [6.07, 6.45) is 6.17. The number of amides is 1. The van der Waals surface area contributed by atoms with Gasteiger partial charge < -0.3 is 20.1 Å². The smallest absolute Gasteiger partial charge is 0.241 e. The minimum absolute atomic E-state index is 0.0486. The summed E-state index contributed by atoms with van der Waals surface area (Å²) in [5.41, 5.74) is 0. The summed E-state index contributed by atoms with van der Waals surface area (Å²) in [7, 11) is 0. The summed E-state index contributed by atoms with van der Waals surface area (Å²) in [6.45, 7) is 7.34. The van der Waals surface area contributed by atoms with Crippen LogP contribution in [-0.2, 0) is 11.3 Å². The fourth-order valence-electron chi connectivity index (χ4n) is 3.34. The van der Waals surface area contributed by atoms with Crippen molar-refractivity contribution in [1.82, 2.24) is 25.1 Å². The van der Waals surface area contributed by atoms with Crippen LogP contribution in [-0.4, -0.2) is 59.1 Å². The van der Waals surface area contributed by atoms with Crippen LogP contribution in [0, 0.1) is 12.8 Å². The van der Waals surface area contributed by atoms with E-state index in [9.17, 15) is 4.79 Å². The Bertz CT molecular complexity index is 480. The maximum Gasteiger partial charge on any atom is 0.241 e. The highest BCUT2D eigenvalue weighted by Crippen LogP contribution is 2.19. The van der Waals surface area contributed by atoms with E-state index in [4.69, 9.17) is 0 Å². The second-order valence-corrected chi connectivity index (χ2v) is 6.13. The molecule has 1 amide bonds. The Morgan fingerprint density at radius 2 is 2.38 bits per heavy atom. The number of hydrogen-bond donors (Lipinski definition) is 2. The van der Waals surface area contributed by atoms with E-state index >= 15 is 0 Å².